The number of rotatable bonds is 4. The topological polar surface area (TPSA) is 145 Å². The molecule has 11 nitrogen and oxygen atoms in total. The zero-order valence-corrected chi connectivity index (χ0v) is 26.8. The SMILES string of the molecule is CC1(C)Oc2ccc3ccc(=O)oc3c2[C@@H](OC(=O)[C@]23CC[C@](C)(C(=O)O2)C3(C)C)[C@H]1OC(=O)[C@]12CC[C@](C)(C(=O)O1)C2(C)C. The number of ether oxygens (including phenoxy) is 5. The maximum absolute atomic E-state index is 14.4. The summed E-state index contributed by atoms with van der Waals surface area (Å²) in [7, 11) is 0. The highest BCUT2D eigenvalue weighted by atomic mass is 16.7. The van der Waals surface area contributed by atoms with Gasteiger partial charge >= 0.3 is 29.5 Å². The van der Waals surface area contributed by atoms with E-state index in [1.807, 2.05) is 27.7 Å². The number of hydrogen-bond donors (Lipinski definition) is 0. The van der Waals surface area contributed by atoms with Gasteiger partial charge in [-0.15, -0.1) is 0 Å². The molecule has 0 N–H and O–H groups in total. The van der Waals surface area contributed by atoms with Crippen molar-refractivity contribution in [3.8, 4) is 5.75 Å². The molecule has 5 aliphatic rings. The first-order valence-corrected chi connectivity index (χ1v) is 15.4. The lowest BCUT2D eigenvalue weighted by molar-refractivity contribution is -0.217. The lowest BCUT2D eigenvalue weighted by Gasteiger charge is -2.45. The predicted molar refractivity (Wildman–Crippen MR) is 156 cm³/mol. The number of fused-ring (bicyclic) bond motifs is 7. The molecule has 4 bridgehead atoms. The van der Waals surface area contributed by atoms with Crippen LogP contribution >= 0.6 is 0 Å². The largest absolute Gasteiger partial charge is 0.483 e. The third-order valence-electron chi connectivity index (χ3n) is 12.7. The second-order valence-corrected chi connectivity index (χ2v) is 15.4. The minimum Gasteiger partial charge on any atom is -0.483 e. The van der Waals surface area contributed by atoms with Gasteiger partial charge in [0.1, 0.15) is 16.9 Å². The van der Waals surface area contributed by atoms with E-state index in [1.54, 1.807) is 45.9 Å². The number of esters is 4. The molecule has 1 aromatic carbocycles. The van der Waals surface area contributed by atoms with Gasteiger partial charge < -0.3 is 28.1 Å². The van der Waals surface area contributed by atoms with E-state index in [9.17, 15) is 24.0 Å². The highest BCUT2D eigenvalue weighted by Crippen LogP contribution is 2.67. The van der Waals surface area contributed by atoms with Crippen LogP contribution in [0.1, 0.15) is 92.7 Å². The van der Waals surface area contributed by atoms with Crippen LogP contribution in [0.15, 0.2) is 33.5 Å². The molecule has 4 fully saturated rings. The van der Waals surface area contributed by atoms with Crippen LogP contribution in [0.5, 0.6) is 5.75 Å². The van der Waals surface area contributed by atoms with Crippen molar-refractivity contribution in [2.75, 3.05) is 0 Å². The summed E-state index contributed by atoms with van der Waals surface area (Å²) in [5.41, 5.74) is -8.36. The molecular weight excluding hydrogens is 584 g/mol. The molecule has 45 heavy (non-hydrogen) atoms. The Bertz CT molecular complexity index is 1780. The van der Waals surface area contributed by atoms with Gasteiger partial charge in [-0.25, -0.2) is 14.4 Å². The molecule has 6 atom stereocenters. The highest BCUT2D eigenvalue weighted by Gasteiger charge is 2.78. The molecule has 2 aromatic rings. The Morgan fingerprint density at radius 3 is 1.69 bits per heavy atom. The van der Waals surface area contributed by atoms with E-state index in [0.717, 1.165) is 0 Å². The molecule has 2 aliphatic carbocycles. The third kappa shape index (κ3) is 3.29. The minimum absolute atomic E-state index is 0.102. The fraction of sp³-hybridized carbons (Fsp3) is 0.618. The number of hydrogen-bond acceptors (Lipinski definition) is 11. The van der Waals surface area contributed by atoms with Crippen LogP contribution in [0.4, 0.5) is 0 Å². The van der Waals surface area contributed by atoms with E-state index >= 15 is 0 Å². The van der Waals surface area contributed by atoms with E-state index in [0.29, 0.717) is 18.2 Å². The molecule has 0 unspecified atom stereocenters. The van der Waals surface area contributed by atoms with E-state index in [1.165, 1.54) is 6.07 Å². The average molecular weight is 623 g/mol. The quantitative estimate of drug-likeness (QED) is 0.266. The summed E-state index contributed by atoms with van der Waals surface area (Å²) in [5, 5.41) is 0.526. The second kappa shape index (κ2) is 8.47. The zero-order chi connectivity index (χ0) is 32.8. The molecule has 7 rings (SSSR count). The fourth-order valence-corrected chi connectivity index (χ4v) is 8.50. The fourth-order valence-electron chi connectivity index (χ4n) is 8.50. The summed E-state index contributed by atoms with van der Waals surface area (Å²) >= 11 is 0. The van der Waals surface area contributed by atoms with Crippen LogP contribution in [0.3, 0.4) is 0 Å². The Morgan fingerprint density at radius 1 is 0.689 bits per heavy atom. The zero-order valence-electron chi connectivity index (χ0n) is 26.8. The molecule has 0 radical (unpaired) electrons. The summed E-state index contributed by atoms with van der Waals surface area (Å²) in [6, 6.07) is 6.22. The van der Waals surface area contributed by atoms with Gasteiger partial charge in [0.05, 0.1) is 16.4 Å². The summed E-state index contributed by atoms with van der Waals surface area (Å²) in [4.78, 5) is 67.1. The lowest BCUT2D eigenvalue weighted by atomic mass is 9.66. The summed E-state index contributed by atoms with van der Waals surface area (Å²) in [6.07, 6.45) is -1.26. The second-order valence-electron chi connectivity index (χ2n) is 15.4. The van der Waals surface area contributed by atoms with E-state index in [2.05, 4.69) is 0 Å². The van der Waals surface area contributed by atoms with Gasteiger partial charge in [0, 0.05) is 22.3 Å². The summed E-state index contributed by atoms with van der Waals surface area (Å²) in [5.74, 6) is -2.26. The van der Waals surface area contributed by atoms with E-state index in [4.69, 9.17) is 28.1 Å². The van der Waals surface area contributed by atoms with Crippen molar-refractivity contribution in [1.29, 1.82) is 0 Å². The predicted octanol–water partition coefficient (Wildman–Crippen LogP) is 4.70. The van der Waals surface area contributed by atoms with Crippen LogP contribution in [0.25, 0.3) is 11.0 Å². The minimum atomic E-state index is -1.59. The maximum atomic E-state index is 14.4. The molecule has 4 heterocycles. The number of benzene rings is 1. The van der Waals surface area contributed by atoms with Gasteiger partial charge in [-0.2, -0.15) is 0 Å². The Balaban J connectivity index is 1.36. The number of carbonyl (C=O) groups excluding carboxylic acids is 4. The Labute approximate surface area is 259 Å². The van der Waals surface area contributed by atoms with Gasteiger partial charge in [0.15, 0.2) is 12.2 Å². The van der Waals surface area contributed by atoms with Crippen LogP contribution < -0.4 is 10.4 Å². The molecule has 240 valence electrons. The normalized spacial score (nSPS) is 37.9. The maximum Gasteiger partial charge on any atom is 0.351 e. The van der Waals surface area contributed by atoms with Crippen LogP contribution in [-0.4, -0.2) is 46.8 Å². The molecule has 2 saturated carbocycles. The van der Waals surface area contributed by atoms with Crippen molar-refractivity contribution in [2.45, 2.75) is 110 Å². The van der Waals surface area contributed by atoms with Gasteiger partial charge in [0.25, 0.3) is 0 Å². The van der Waals surface area contributed by atoms with Crippen molar-refractivity contribution in [2.24, 2.45) is 21.7 Å². The van der Waals surface area contributed by atoms with Crippen molar-refractivity contribution in [3.05, 3.63) is 40.2 Å². The summed E-state index contributed by atoms with van der Waals surface area (Å²) < 4.78 is 36.2. The van der Waals surface area contributed by atoms with Gasteiger partial charge in [-0.05, 0) is 71.6 Å². The summed E-state index contributed by atoms with van der Waals surface area (Å²) in [6.45, 7) is 14.2. The third-order valence-corrected chi connectivity index (χ3v) is 12.7. The van der Waals surface area contributed by atoms with Gasteiger partial charge in [0.2, 0.25) is 11.2 Å². The smallest absolute Gasteiger partial charge is 0.351 e. The van der Waals surface area contributed by atoms with Crippen molar-refractivity contribution in [1.82, 2.24) is 0 Å². The standard InChI is InChI=1S/C34H38O11/c1-28(2)23(42-27(39)34-16-14-32(8,25(37)45-34)30(34,5)6)22(20-18(43-28)11-9-17-10-12-19(35)40-21(17)20)41-26(38)33-15-13-31(7,24(36)44-33)29(33,3)4/h9-12,22-23H,13-16H2,1-8H3/t22-,23-,31-,32-,33+,34+/m1/s1. The first-order chi connectivity index (χ1) is 20.8. The average Bonchev–Trinajstić information content (AvgIpc) is 3.42. The van der Waals surface area contributed by atoms with Gasteiger partial charge in [-0.1, -0.05) is 27.7 Å². The molecular formula is C34H38O11. The highest BCUT2D eigenvalue weighted by molar-refractivity contribution is 5.95. The van der Waals surface area contributed by atoms with Crippen molar-refractivity contribution >= 4 is 34.8 Å². The van der Waals surface area contributed by atoms with Gasteiger partial charge in [-0.3, -0.25) is 9.59 Å². The Morgan fingerprint density at radius 2 is 1.20 bits per heavy atom. The molecule has 2 saturated heterocycles. The molecule has 3 aliphatic heterocycles. The lowest BCUT2D eigenvalue weighted by Crippen LogP contribution is -2.57. The monoisotopic (exact) mass is 622 g/mol. The number of carbonyl (C=O) groups is 4. The first kappa shape index (κ1) is 29.8. The van der Waals surface area contributed by atoms with Crippen LogP contribution in [-0.2, 0) is 38.1 Å². The Kier molecular flexibility index (Phi) is 5.61. The first-order valence-electron chi connectivity index (χ1n) is 15.4. The van der Waals surface area contributed by atoms with E-state index in [-0.39, 0.29) is 29.7 Å². The van der Waals surface area contributed by atoms with Crippen LogP contribution in [0.2, 0.25) is 0 Å². The van der Waals surface area contributed by atoms with E-state index < -0.39 is 80.2 Å². The molecule has 0 amide bonds. The van der Waals surface area contributed by atoms with Crippen molar-refractivity contribution < 1.29 is 47.3 Å². The van der Waals surface area contributed by atoms with Crippen molar-refractivity contribution in [3.63, 3.8) is 0 Å². The Hall–Kier alpha value is -3.89. The molecule has 1 aromatic heterocycles. The van der Waals surface area contributed by atoms with Crippen LogP contribution in [0, 0.1) is 21.7 Å². The molecule has 11 heteroatoms. The molecule has 0 spiro atoms.